The van der Waals surface area contributed by atoms with E-state index < -0.39 is 0 Å². The monoisotopic (exact) mass is 346 g/mol. The molecule has 0 bridgehead atoms. The van der Waals surface area contributed by atoms with E-state index in [2.05, 4.69) is 34.9 Å². The minimum Gasteiger partial charge on any atom is -0.435 e. The molecular weight excluding hydrogens is 330 g/mol. The Balaban J connectivity index is 1.87. The van der Waals surface area contributed by atoms with Gasteiger partial charge in [-0.25, -0.2) is 0 Å². The zero-order chi connectivity index (χ0) is 17.1. The maximum Gasteiger partial charge on any atom is 0.293 e. The zero-order valence-electron chi connectivity index (χ0n) is 13.6. The Bertz CT molecular complexity index is 929. The summed E-state index contributed by atoms with van der Waals surface area (Å²) in [6.45, 7) is 0.461. The lowest BCUT2D eigenvalue weighted by Crippen LogP contribution is -2.24. The normalized spacial score (nSPS) is 14.0. The number of hydrogen-bond acceptors (Lipinski definition) is 1. The average molecular weight is 347 g/mol. The van der Waals surface area contributed by atoms with Crippen molar-refractivity contribution in [2.24, 2.45) is 0 Å². The molecule has 0 amide bonds. The molecule has 0 saturated carbocycles. The van der Waals surface area contributed by atoms with E-state index in [4.69, 9.17) is 16.3 Å². The second-order valence-corrected chi connectivity index (χ2v) is 6.24. The fraction of sp³-hybridized carbons (Fsp3) is 0.0455. The van der Waals surface area contributed by atoms with E-state index in [1.54, 1.807) is 0 Å². The summed E-state index contributed by atoms with van der Waals surface area (Å²) in [6.07, 6.45) is 2.09. The van der Waals surface area contributed by atoms with Crippen molar-refractivity contribution in [3.63, 3.8) is 0 Å². The van der Waals surface area contributed by atoms with Gasteiger partial charge >= 0.3 is 0 Å². The summed E-state index contributed by atoms with van der Waals surface area (Å²) in [7, 11) is 0. The molecule has 0 N–H and O–H groups in total. The SMILES string of the molecule is Clc1ccc(C2=[N+](c3ccccc3)COC(c3ccccc3)=C2)cc1. The predicted molar refractivity (Wildman–Crippen MR) is 102 cm³/mol. The van der Waals surface area contributed by atoms with Crippen LogP contribution in [0, 0.1) is 0 Å². The first kappa shape index (κ1) is 15.7. The molecule has 4 rings (SSSR count). The number of nitrogens with zero attached hydrogens (tertiary/aromatic N) is 1. The first-order chi connectivity index (χ1) is 12.3. The van der Waals surface area contributed by atoms with Crippen LogP contribution in [0.25, 0.3) is 5.76 Å². The van der Waals surface area contributed by atoms with Gasteiger partial charge in [-0.3, -0.25) is 0 Å². The third kappa shape index (κ3) is 3.35. The molecule has 2 nitrogen and oxygen atoms in total. The molecule has 25 heavy (non-hydrogen) atoms. The van der Waals surface area contributed by atoms with Crippen LogP contribution < -0.4 is 0 Å². The van der Waals surface area contributed by atoms with E-state index >= 15 is 0 Å². The molecule has 122 valence electrons. The average Bonchev–Trinajstić information content (AvgIpc) is 2.69. The molecule has 1 aliphatic heterocycles. The van der Waals surface area contributed by atoms with Gasteiger partial charge in [0, 0.05) is 28.3 Å². The van der Waals surface area contributed by atoms with E-state index in [9.17, 15) is 0 Å². The van der Waals surface area contributed by atoms with Crippen LogP contribution >= 0.6 is 11.6 Å². The van der Waals surface area contributed by atoms with Gasteiger partial charge in [0.1, 0.15) is 5.76 Å². The third-order valence-corrected chi connectivity index (χ3v) is 4.43. The second kappa shape index (κ2) is 6.96. The Morgan fingerprint density at radius 2 is 1.36 bits per heavy atom. The van der Waals surface area contributed by atoms with Crippen LogP contribution in [0.5, 0.6) is 0 Å². The lowest BCUT2D eigenvalue weighted by atomic mass is 10.1. The molecule has 0 spiro atoms. The highest BCUT2D eigenvalue weighted by Crippen LogP contribution is 2.25. The van der Waals surface area contributed by atoms with Crippen molar-refractivity contribution in [3.8, 4) is 0 Å². The lowest BCUT2D eigenvalue weighted by molar-refractivity contribution is -0.483. The van der Waals surface area contributed by atoms with Gasteiger partial charge in [0.05, 0.1) is 6.08 Å². The highest BCUT2D eigenvalue weighted by atomic mass is 35.5. The van der Waals surface area contributed by atoms with Gasteiger partial charge in [-0.1, -0.05) is 60.1 Å². The van der Waals surface area contributed by atoms with Gasteiger partial charge in [-0.15, -0.1) is 0 Å². The topological polar surface area (TPSA) is 12.2 Å². The second-order valence-electron chi connectivity index (χ2n) is 5.80. The third-order valence-electron chi connectivity index (χ3n) is 4.17. The maximum absolute atomic E-state index is 6.07. The van der Waals surface area contributed by atoms with Crippen LogP contribution in [-0.2, 0) is 4.74 Å². The van der Waals surface area contributed by atoms with Crippen LogP contribution in [0.15, 0.2) is 91.0 Å². The Morgan fingerprint density at radius 3 is 2.04 bits per heavy atom. The molecule has 0 unspecified atom stereocenters. The van der Waals surface area contributed by atoms with E-state index in [-0.39, 0.29) is 0 Å². The first-order valence-corrected chi connectivity index (χ1v) is 8.54. The summed E-state index contributed by atoms with van der Waals surface area (Å²) in [5, 5.41) is 0.731. The fourth-order valence-electron chi connectivity index (χ4n) is 2.90. The summed E-state index contributed by atoms with van der Waals surface area (Å²) >= 11 is 6.07. The van der Waals surface area contributed by atoms with Gasteiger partial charge < -0.3 is 4.74 Å². The number of benzene rings is 3. The number of rotatable bonds is 3. The summed E-state index contributed by atoms with van der Waals surface area (Å²) in [5.41, 5.74) is 4.36. The zero-order valence-corrected chi connectivity index (χ0v) is 14.4. The molecule has 1 heterocycles. The number of halogens is 1. The molecule has 0 aromatic heterocycles. The summed E-state index contributed by atoms with van der Waals surface area (Å²) < 4.78 is 8.21. The quantitative estimate of drug-likeness (QED) is 0.570. The van der Waals surface area contributed by atoms with Gasteiger partial charge in [0.15, 0.2) is 0 Å². The highest BCUT2D eigenvalue weighted by molar-refractivity contribution is 6.30. The fourth-order valence-corrected chi connectivity index (χ4v) is 3.02. The van der Waals surface area contributed by atoms with Gasteiger partial charge in [0.25, 0.3) is 6.73 Å². The van der Waals surface area contributed by atoms with Crippen molar-refractivity contribution < 1.29 is 9.31 Å². The standard InChI is InChI=1S/C22H17ClNO/c23-19-13-11-17(12-14-19)21-15-22(18-7-3-1-4-8-18)25-16-24(21)20-9-5-2-6-10-20/h1-15H,16H2/q+1. The Hall–Kier alpha value is -2.84. The molecule has 0 aliphatic carbocycles. The molecular formula is C22H17ClNO+. The highest BCUT2D eigenvalue weighted by Gasteiger charge is 2.25. The molecule has 1 aliphatic rings. The Morgan fingerprint density at radius 1 is 0.720 bits per heavy atom. The van der Waals surface area contributed by atoms with E-state index in [0.717, 1.165) is 33.3 Å². The van der Waals surface area contributed by atoms with Crippen LogP contribution in [-0.4, -0.2) is 17.0 Å². The molecule has 0 saturated heterocycles. The van der Waals surface area contributed by atoms with Crippen molar-refractivity contribution >= 4 is 28.8 Å². The molecule has 0 radical (unpaired) electrons. The van der Waals surface area contributed by atoms with E-state index in [1.807, 2.05) is 60.7 Å². The van der Waals surface area contributed by atoms with Crippen molar-refractivity contribution in [1.82, 2.24) is 0 Å². The minimum absolute atomic E-state index is 0.461. The lowest BCUT2D eigenvalue weighted by Gasteiger charge is -2.17. The van der Waals surface area contributed by atoms with Crippen LogP contribution in [0.4, 0.5) is 5.69 Å². The maximum atomic E-state index is 6.07. The van der Waals surface area contributed by atoms with Crippen LogP contribution in [0.2, 0.25) is 5.02 Å². The number of allylic oxidation sites excluding steroid dienone is 1. The Labute approximate surface area is 152 Å². The smallest absolute Gasteiger partial charge is 0.293 e. The van der Waals surface area contributed by atoms with Crippen molar-refractivity contribution in [3.05, 3.63) is 107 Å². The molecule has 3 aromatic rings. The van der Waals surface area contributed by atoms with Crippen LogP contribution in [0.3, 0.4) is 0 Å². The summed E-state index contributed by atoms with van der Waals surface area (Å²) in [5.74, 6) is 0.873. The van der Waals surface area contributed by atoms with Gasteiger partial charge in [0.2, 0.25) is 11.4 Å². The Kier molecular flexibility index (Phi) is 4.36. The molecule has 3 aromatic carbocycles. The molecule has 0 atom stereocenters. The predicted octanol–water partition coefficient (Wildman–Crippen LogP) is 5.50. The number of hydrogen-bond donors (Lipinski definition) is 0. The number of ether oxygens (including phenoxy) is 1. The largest absolute Gasteiger partial charge is 0.435 e. The van der Waals surface area contributed by atoms with E-state index in [0.29, 0.717) is 6.73 Å². The molecule has 3 heteroatoms. The molecule has 0 fully saturated rings. The van der Waals surface area contributed by atoms with Crippen molar-refractivity contribution in [2.75, 3.05) is 6.73 Å². The van der Waals surface area contributed by atoms with Crippen molar-refractivity contribution in [1.29, 1.82) is 0 Å². The van der Waals surface area contributed by atoms with Gasteiger partial charge in [-0.05, 0) is 24.3 Å². The minimum atomic E-state index is 0.461. The summed E-state index contributed by atoms with van der Waals surface area (Å²) in [4.78, 5) is 0. The van der Waals surface area contributed by atoms with Crippen molar-refractivity contribution in [2.45, 2.75) is 0 Å². The number of para-hydroxylation sites is 1. The van der Waals surface area contributed by atoms with E-state index in [1.165, 1.54) is 0 Å². The summed E-state index contributed by atoms with van der Waals surface area (Å²) in [6, 6.07) is 28.3. The first-order valence-electron chi connectivity index (χ1n) is 8.17. The van der Waals surface area contributed by atoms with Crippen LogP contribution in [0.1, 0.15) is 11.1 Å². The van der Waals surface area contributed by atoms with Gasteiger partial charge in [-0.2, -0.15) is 4.58 Å².